The van der Waals surface area contributed by atoms with Gasteiger partial charge in [0.2, 0.25) is 0 Å². The second-order valence-corrected chi connectivity index (χ2v) is 41.1. The van der Waals surface area contributed by atoms with Gasteiger partial charge >= 0.3 is 201 Å². The Kier molecular flexibility index (Phi) is 13.7. The zero-order chi connectivity index (χ0) is 45.7. The molecule has 8 rings (SSSR count). The SMILES string of the molecule is CC(C)(C)c1cc([O-])cc(C(C)(C)C)c1.CC(C)(C)c1cc([O-])cc(C(C)(C)C)c1.CC1=[C]([Zr+2]([C]2=C(C)Cc3ccc4ccccc4c32)[SiH](C)C)c2c(ccc3ccccc23)C1. The fourth-order valence-corrected chi connectivity index (χ4v) is 29.4. The van der Waals surface area contributed by atoms with Gasteiger partial charge in [0.1, 0.15) is 0 Å². The summed E-state index contributed by atoms with van der Waals surface area (Å²) in [5, 5.41) is 29.0. The summed E-state index contributed by atoms with van der Waals surface area (Å²) in [5.41, 5.74) is 14.4. The predicted molar refractivity (Wildman–Crippen MR) is 266 cm³/mol. The van der Waals surface area contributed by atoms with E-state index in [0.29, 0.717) is 0 Å². The summed E-state index contributed by atoms with van der Waals surface area (Å²) >= 11 is -2.10. The minimum absolute atomic E-state index is 0.0421. The third-order valence-corrected chi connectivity index (χ3v) is 31.7. The molecule has 2 nitrogen and oxygen atoms in total. The minimum atomic E-state index is -2.10. The third-order valence-electron chi connectivity index (χ3n) is 12.7. The quantitative estimate of drug-likeness (QED) is 0.166. The first kappa shape index (κ1) is 47.5. The maximum atomic E-state index is 11.6. The molecule has 0 unspecified atom stereocenters. The van der Waals surface area contributed by atoms with Crippen LogP contribution in [0, 0.1) is 0 Å². The van der Waals surface area contributed by atoms with Crippen molar-refractivity contribution in [2.24, 2.45) is 0 Å². The molecule has 323 valence electrons. The van der Waals surface area contributed by atoms with E-state index in [9.17, 15) is 10.2 Å². The molecule has 0 aliphatic heterocycles. The van der Waals surface area contributed by atoms with Gasteiger partial charge in [-0.05, 0) is 43.9 Å². The van der Waals surface area contributed by atoms with Crippen molar-refractivity contribution < 1.29 is 31.1 Å². The number of hydrogen-bond donors (Lipinski definition) is 0. The van der Waals surface area contributed by atoms with Crippen LogP contribution in [0.4, 0.5) is 0 Å². The molecule has 2 aliphatic rings. The Morgan fingerprint density at radius 3 is 1.03 bits per heavy atom. The van der Waals surface area contributed by atoms with Crippen LogP contribution in [-0.2, 0) is 55.4 Å². The van der Waals surface area contributed by atoms with Crippen LogP contribution in [0.3, 0.4) is 0 Å². The Balaban J connectivity index is 0.000000179. The van der Waals surface area contributed by atoms with E-state index in [-0.39, 0.29) is 33.2 Å². The van der Waals surface area contributed by atoms with Gasteiger partial charge in [0.25, 0.3) is 0 Å². The molecule has 6 aromatic carbocycles. The number of fused-ring (bicyclic) bond motifs is 6. The van der Waals surface area contributed by atoms with Crippen LogP contribution >= 0.6 is 0 Å². The molecule has 0 fully saturated rings. The normalized spacial score (nSPS) is 14.1. The van der Waals surface area contributed by atoms with Gasteiger partial charge in [0, 0.05) is 0 Å². The second-order valence-electron chi connectivity index (χ2n) is 22.4. The molecule has 0 bridgehead atoms. The fraction of sp³-hybridized carbons (Fsp3) is 0.379. The van der Waals surface area contributed by atoms with E-state index in [1.807, 2.05) is 6.56 Å². The molecule has 0 amide bonds. The first-order valence-electron chi connectivity index (χ1n) is 22.7. The van der Waals surface area contributed by atoms with Crippen LogP contribution in [0.15, 0.2) is 120 Å². The van der Waals surface area contributed by atoms with Crippen LogP contribution in [0.25, 0.3) is 28.1 Å². The molecular formula is C58H71O2SiZr. The predicted octanol–water partition coefficient (Wildman–Crippen LogP) is 14.6. The van der Waals surface area contributed by atoms with Crippen molar-refractivity contribution >= 4 is 34.0 Å². The second kappa shape index (κ2) is 17.9. The molecule has 62 heavy (non-hydrogen) atoms. The van der Waals surface area contributed by atoms with Crippen LogP contribution in [-0.4, -0.2) is 5.92 Å². The number of benzene rings is 6. The van der Waals surface area contributed by atoms with Crippen molar-refractivity contribution in [3.8, 4) is 11.5 Å². The summed E-state index contributed by atoms with van der Waals surface area (Å²) < 4.78 is 3.69. The number of rotatable bonds is 3. The van der Waals surface area contributed by atoms with E-state index in [0.717, 1.165) is 35.1 Å². The van der Waals surface area contributed by atoms with Crippen molar-refractivity contribution in [1.82, 2.24) is 0 Å². The van der Waals surface area contributed by atoms with Crippen LogP contribution < -0.4 is 10.2 Å². The van der Waals surface area contributed by atoms with E-state index in [1.54, 1.807) is 57.7 Å². The Bertz CT molecular complexity index is 2440. The van der Waals surface area contributed by atoms with Crippen molar-refractivity contribution in [3.63, 3.8) is 0 Å². The maximum absolute atomic E-state index is 11.6. The Hall–Kier alpha value is -3.98. The summed E-state index contributed by atoms with van der Waals surface area (Å²) in [4.78, 5) is 0. The topological polar surface area (TPSA) is 46.1 Å². The summed E-state index contributed by atoms with van der Waals surface area (Å²) in [6, 6.07) is 38.9. The molecule has 0 radical (unpaired) electrons. The van der Waals surface area contributed by atoms with Gasteiger partial charge in [-0.3, -0.25) is 0 Å². The summed E-state index contributed by atoms with van der Waals surface area (Å²) in [5.74, 6) is -0.630. The van der Waals surface area contributed by atoms with Gasteiger partial charge in [-0.25, -0.2) is 0 Å². The Morgan fingerprint density at radius 2 is 0.742 bits per heavy atom. The van der Waals surface area contributed by atoms with Gasteiger partial charge in [0.15, 0.2) is 0 Å². The molecule has 0 aromatic heterocycles. The summed E-state index contributed by atoms with van der Waals surface area (Å²) in [7, 11) is 0. The molecule has 4 heteroatoms. The van der Waals surface area contributed by atoms with Crippen LogP contribution in [0.1, 0.15) is 141 Å². The van der Waals surface area contributed by atoms with Gasteiger partial charge in [-0.15, -0.1) is 11.5 Å². The molecule has 0 N–H and O–H groups in total. The van der Waals surface area contributed by atoms with Crippen molar-refractivity contribution in [2.45, 2.75) is 145 Å². The molecule has 0 saturated carbocycles. The van der Waals surface area contributed by atoms with Crippen LogP contribution in [0.5, 0.6) is 11.5 Å². The van der Waals surface area contributed by atoms with Crippen molar-refractivity contribution in [1.29, 1.82) is 0 Å². The molecular weight excluding hydrogens is 848 g/mol. The zero-order valence-corrected chi connectivity index (χ0v) is 44.3. The first-order valence-corrected chi connectivity index (χ1v) is 32.3. The van der Waals surface area contributed by atoms with E-state index in [2.05, 4.69) is 195 Å². The Labute approximate surface area is 383 Å². The standard InChI is InChI=1S/2C14H22O.2C14H11.C2H7Si.Zr/c2*1-13(2,3)10-7-11(14(4,5)6)9-12(15)8-10;2*1-10-8-12-7-6-11-4-2-3-5-13(11)14(12)9-10;1-3-2;/h2*7-9,15H,1-6H3;2*2-7H,8H2,1H3;3H,1-2H3;/q;;;;;+2/p-2. The van der Waals surface area contributed by atoms with Crippen molar-refractivity contribution in [2.75, 3.05) is 0 Å². The molecule has 2 aliphatic carbocycles. The Morgan fingerprint density at radius 1 is 0.435 bits per heavy atom. The number of allylic oxidation sites excluding steroid dienone is 2. The van der Waals surface area contributed by atoms with E-state index < -0.39 is 26.8 Å². The van der Waals surface area contributed by atoms with E-state index in [1.165, 1.54) is 21.5 Å². The molecule has 0 saturated heterocycles. The summed E-state index contributed by atoms with van der Waals surface area (Å²) in [6.07, 6.45) is 2.30. The average molecular weight is 920 g/mol. The third kappa shape index (κ3) is 10.3. The fourth-order valence-electron chi connectivity index (χ4n) is 9.06. The monoisotopic (exact) mass is 917 g/mol. The van der Waals surface area contributed by atoms with E-state index >= 15 is 0 Å². The van der Waals surface area contributed by atoms with Crippen LogP contribution in [0.2, 0.25) is 13.1 Å². The molecule has 0 heterocycles. The first-order chi connectivity index (χ1) is 28.8. The zero-order valence-electron chi connectivity index (χ0n) is 40.7. The van der Waals surface area contributed by atoms with Gasteiger partial charge < -0.3 is 10.2 Å². The van der Waals surface area contributed by atoms with Gasteiger partial charge in [0.05, 0.1) is 0 Å². The summed E-state index contributed by atoms with van der Waals surface area (Å²) in [6.45, 7) is 35.8. The van der Waals surface area contributed by atoms with E-state index in [4.69, 9.17) is 0 Å². The van der Waals surface area contributed by atoms with Gasteiger partial charge in [-0.1, -0.05) is 119 Å². The molecule has 0 atom stereocenters. The average Bonchev–Trinajstić information content (AvgIpc) is 3.69. The molecule has 6 aromatic rings. The van der Waals surface area contributed by atoms with Gasteiger partial charge in [-0.2, -0.15) is 0 Å². The van der Waals surface area contributed by atoms with Crippen molar-refractivity contribution in [3.05, 3.63) is 165 Å². The molecule has 0 spiro atoms. The number of hydrogen-bond acceptors (Lipinski definition) is 2.